The van der Waals surface area contributed by atoms with Crippen molar-refractivity contribution in [3.05, 3.63) is 40.4 Å². The summed E-state index contributed by atoms with van der Waals surface area (Å²) in [5.41, 5.74) is 1.93. The van der Waals surface area contributed by atoms with Crippen molar-refractivity contribution in [1.29, 1.82) is 0 Å². The Hall–Kier alpha value is -1.23. The average Bonchev–Trinajstić information content (AvgIpc) is 2.51. The van der Waals surface area contributed by atoms with Gasteiger partial charge in [-0.1, -0.05) is 28.8 Å². The maximum atomic E-state index is 12.5. The van der Waals surface area contributed by atoms with Gasteiger partial charge in [0, 0.05) is 55.4 Å². The summed E-state index contributed by atoms with van der Waals surface area (Å²) < 4.78 is 5.32. The molecular formula is C17H22Cl2N2O2. The van der Waals surface area contributed by atoms with Crippen LogP contribution in [0.25, 0.3) is 0 Å². The second-order valence-corrected chi connectivity index (χ2v) is 6.70. The van der Waals surface area contributed by atoms with Gasteiger partial charge >= 0.3 is 0 Å². The number of hydrogen-bond acceptors (Lipinski definition) is 3. The van der Waals surface area contributed by atoms with E-state index in [0.29, 0.717) is 29.6 Å². The first-order valence-corrected chi connectivity index (χ1v) is 8.33. The third-order valence-electron chi connectivity index (χ3n) is 3.90. The predicted octanol–water partition coefficient (Wildman–Crippen LogP) is 3.62. The van der Waals surface area contributed by atoms with Gasteiger partial charge in [-0.2, -0.15) is 0 Å². The molecule has 1 aliphatic rings. The molecule has 1 fully saturated rings. The summed E-state index contributed by atoms with van der Waals surface area (Å²) in [5.74, 6) is 0.0271. The van der Waals surface area contributed by atoms with Crippen molar-refractivity contribution < 1.29 is 9.53 Å². The highest BCUT2D eigenvalue weighted by molar-refractivity contribution is 6.35. The van der Waals surface area contributed by atoms with E-state index >= 15 is 0 Å². The van der Waals surface area contributed by atoms with Crippen molar-refractivity contribution >= 4 is 34.8 Å². The van der Waals surface area contributed by atoms with E-state index in [1.165, 1.54) is 0 Å². The van der Waals surface area contributed by atoms with Gasteiger partial charge in [0.15, 0.2) is 0 Å². The molecule has 1 aromatic rings. The molecule has 6 heteroatoms. The molecule has 23 heavy (non-hydrogen) atoms. The summed E-state index contributed by atoms with van der Waals surface area (Å²) in [7, 11) is 1.57. The van der Waals surface area contributed by atoms with Crippen LogP contribution in [0.2, 0.25) is 10.0 Å². The van der Waals surface area contributed by atoms with Gasteiger partial charge in [-0.25, -0.2) is 0 Å². The molecule has 0 spiro atoms. The van der Waals surface area contributed by atoms with E-state index < -0.39 is 6.10 Å². The highest BCUT2D eigenvalue weighted by Crippen LogP contribution is 2.26. The molecule has 1 atom stereocenters. The number of carbonyl (C=O) groups excluding carboxylic acids is 1. The van der Waals surface area contributed by atoms with Gasteiger partial charge in [0.1, 0.15) is 6.10 Å². The Morgan fingerprint density at radius 1 is 1.22 bits per heavy atom. The fourth-order valence-electron chi connectivity index (χ4n) is 2.70. The fourth-order valence-corrected chi connectivity index (χ4v) is 3.21. The van der Waals surface area contributed by atoms with Gasteiger partial charge in [0.2, 0.25) is 0 Å². The summed E-state index contributed by atoms with van der Waals surface area (Å²) in [6, 6.07) is 5.50. The third-order valence-corrected chi connectivity index (χ3v) is 4.33. The summed E-state index contributed by atoms with van der Waals surface area (Å²) in [5, 5.41) is 1.24. The quantitative estimate of drug-likeness (QED) is 0.755. The Morgan fingerprint density at radius 3 is 2.26 bits per heavy atom. The standard InChI is InChI=1S/C17H22Cl2N2O2/c1-12(2)8-16(23-3)17(22)21-6-4-20(5-7-21)15-10-13(18)9-14(19)11-15/h9-11,16H,1,4-8H2,2-3H3. The minimum Gasteiger partial charge on any atom is -0.371 e. The topological polar surface area (TPSA) is 32.8 Å². The number of nitrogens with zero attached hydrogens (tertiary/aromatic N) is 2. The van der Waals surface area contributed by atoms with Crippen LogP contribution in [-0.2, 0) is 9.53 Å². The third kappa shape index (κ3) is 4.87. The van der Waals surface area contributed by atoms with Crippen molar-refractivity contribution in [2.24, 2.45) is 0 Å². The average molecular weight is 357 g/mol. The molecule has 1 saturated heterocycles. The number of amides is 1. The van der Waals surface area contributed by atoms with Crippen molar-refractivity contribution in [2.75, 3.05) is 38.2 Å². The summed E-state index contributed by atoms with van der Waals surface area (Å²) in [6.07, 6.45) is 0.110. The van der Waals surface area contributed by atoms with Gasteiger partial charge in [-0.15, -0.1) is 6.58 Å². The molecule has 0 saturated carbocycles. The Bertz CT molecular complexity index is 564. The maximum absolute atomic E-state index is 12.5. The van der Waals surface area contributed by atoms with Crippen molar-refractivity contribution in [2.45, 2.75) is 19.4 Å². The van der Waals surface area contributed by atoms with E-state index in [4.69, 9.17) is 27.9 Å². The number of rotatable bonds is 5. The van der Waals surface area contributed by atoms with Crippen LogP contribution in [0.4, 0.5) is 5.69 Å². The predicted molar refractivity (Wildman–Crippen MR) is 95.5 cm³/mol. The van der Waals surface area contributed by atoms with Crippen LogP contribution in [0.1, 0.15) is 13.3 Å². The highest BCUT2D eigenvalue weighted by Gasteiger charge is 2.27. The fraction of sp³-hybridized carbons (Fsp3) is 0.471. The SMILES string of the molecule is C=C(C)CC(OC)C(=O)N1CCN(c2cc(Cl)cc(Cl)c2)CC1. The lowest BCUT2D eigenvalue weighted by atomic mass is 10.1. The molecule has 1 amide bonds. The minimum atomic E-state index is -0.445. The smallest absolute Gasteiger partial charge is 0.252 e. The van der Waals surface area contributed by atoms with E-state index in [0.717, 1.165) is 24.4 Å². The molecule has 1 heterocycles. The van der Waals surface area contributed by atoms with E-state index in [9.17, 15) is 4.79 Å². The zero-order chi connectivity index (χ0) is 17.0. The first-order valence-electron chi connectivity index (χ1n) is 7.57. The Kier molecular flexibility index (Phi) is 6.33. The van der Waals surface area contributed by atoms with E-state index in [1.54, 1.807) is 13.2 Å². The van der Waals surface area contributed by atoms with Crippen LogP contribution < -0.4 is 4.90 Å². The second kappa shape index (κ2) is 8.04. The first kappa shape index (κ1) is 18.1. The second-order valence-electron chi connectivity index (χ2n) is 5.83. The number of hydrogen-bond donors (Lipinski definition) is 0. The van der Waals surface area contributed by atoms with Crippen molar-refractivity contribution in [3.63, 3.8) is 0 Å². The van der Waals surface area contributed by atoms with Crippen molar-refractivity contribution in [3.8, 4) is 0 Å². The van der Waals surface area contributed by atoms with Crippen LogP contribution >= 0.6 is 23.2 Å². The van der Waals surface area contributed by atoms with Crippen LogP contribution in [0.15, 0.2) is 30.4 Å². The van der Waals surface area contributed by atoms with Gasteiger partial charge in [0.25, 0.3) is 5.91 Å². The molecule has 0 bridgehead atoms. The lowest BCUT2D eigenvalue weighted by molar-refractivity contribution is -0.142. The maximum Gasteiger partial charge on any atom is 0.252 e. The minimum absolute atomic E-state index is 0.0271. The number of benzene rings is 1. The van der Waals surface area contributed by atoms with E-state index in [2.05, 4.69) is 11.5 Å². The number of anilines is 1. The van der Waals surface area contributed by atoms with Gasteiger partial charge in [0.05, 0.1) is 0 Å². The highest BCUT2D eigenvalue weighted by atomic mass is 35.5. The van der Waals surface area contributed by atoms with Gasteiger partial charge in [-0.05, 0) is 25.1 Å². The first-order chi connectivity index (χ1) is 10.9. The van der Waals surface area contributed by atoms with E-state index in [-0.39, 0.29) is 5.91 Å². The lowest BCUT2D eigenvalue weighted by Gasteiger charge is -2.37. The zero-order valence-corrected chi connectivity index (χ0v) is 15.0. The molecule has 0 N–H and O–H groups in total. The number of ether oxygens (including phenoxy) is 1. The number of methoxy groups -OCH3 is 1. The Morgan fingerprint density at radius 2 is 1.78 bits per heavy atom. The molecule has 0 aromatic heterocycles. The molecule has 2 rings (SSSR count). The Balaban J connectivity index is 1.97. The monoisotopic (exact) mass is 356 g/mol. The van der Waals surface area contributed by atoms with Crippen LogP contribution in [0, 0.1) is 0 Å². The van der Waals surface area contributed by atoms with Crippen LogP contribution in [0.5, 0.6) is 0 Å². The van der Waals surface area contributed by atoms with Crippen molar-refractivity contribution in [1.82, 2.24) is 4.90 Å². The van der Waals surface area contributed by atoms with Gasteiger partial charge < -0.3 is 14.5 Å². The van der Waals surface area contributed by atoms with Crippen LogP contribution in [-0.4, -0.2) is 50.2 Å². The molecule has 1 unspecified atom stereocenters. The summed E-state index contributed by atoms with van der Waals surface area (Å²) in [4.78, 5) is 16.5. The molecule has 4 nitrogen and oxygen atoms in total. The largest absolute Gasteiger partial charge is 0.371 e. The molecule has 126 valence electrons. The summed E-state index contributed by atoms with van der Waals surface area (Å²) >= 11 is 12.1. The molecular weight excluding hydrogens is 335 g/mol. The summed E-state index contributed by atoms with van der Waals surface area (Å²) in [6.45, 7) is 8.55. The molecule has 0 aliphatic carbocycles. The zero-order valence-electron chi connectivity index (χ0n) is 13.5. The number of halogens is 2. The normalized spacial score (nSPS) is 16.3. The number of piperazine rings is 1. The van der Waals surface area contributed by atoms with Crippen LogP contribution in [0.3, 0.4) is 0 Å². The number of carbonyl (C=O) groups is 1. The lowest BCUT2D eigenvalue weighted by Crippen LogP contribution is -2.51. The molecule has 0 radical (unpaired) electrons. The molecule has 1 aliphatic heterocycles. The van der Waals surface area contributed by atoms with E-state index in [1.807, 2.05) is 24.0 Å². The molecule has 1 aromatic carbocycles. The Labute approximate surface area is 147 Å². The van der Waals surface area contributed by atoms with Gasteiger partial charge in [-0.3, -0.25) is 4.79 Å².